The van der Waals surface area contributed by atoms with Crippen LogP contribution in [0.2, 0.25) is 0 Å². The average molecular weight is 271 g/mol. The fraction of sp³-hybridized carbons (Fsp3) is 0.188. The molecule has 0 saturated carbocycles. The minimum absolute atomic E-state index is 0.240. The van der Waals surface area contributed by atoms with Gasteiger partial charge >= 0.3 is 5.97 Å². The van der Waals surface area contributed by atoms with Crippen LogP contribution >= 0.6 is 0 Å². The van der Waals surface area contributed by atoms with Gasteiger partial charge in [0.1, 0.15) is 12.4 Å². The molecule has 0 spiro atoms. The third kappa shape index (κ3) is 4.02. The number of benzene rings is 2. The lowest BCUT2D eigenvalue weighted by Gasteiger charge is -2.07. The highest BCUT2D eigenvalue weighted by Gasteiger charge is 2.05. The Kier molecular flexibility index (Phi) is 4.60. The van der Waals surface area contributed by atoms with Gasteiger partial charge < -0.3 is 15.2 Å². The zero-order valence-corrected chi connectivity index (χ0v) is 11.3. The fourth-order valence-electron chi connectivity index (χ4n) is 1.78. The monoisotopic (exact) mass is 271 g/mol. The molecule has 0 bridgehead atoms. The second-order valence-electron chi connectivity index (χ2n) is 4.43. The Morgan fingerprint density at radius 2 is 1.85 bits per heavy atom. The molecule has 2 rings (SSSR count). The molecule has 0 radical (unpaired) electrons. The molecule has 2 N–H and O–H groups in total. The van der Waals surface area contributed by atoms with Gasteiger partial charge in [-0.2, -0.15) is 0 Å². The standard InChI is InChI=1S/C16H17NO3/c1-19-15-4-2-3-13(9-15)11-20-16(18)10-12-5-7-14(17)8-6-12/h2-9H,10-11,17H2,1H3. The van der Waals surface area contributed by atoms with Crippen LogP contribution in [0.4, 0.5) is 5.69 Å². The van der Waals surface area contributed by atoms with Gasteiger partial charge in [0.2, 0.25) is 0 Å². The van der Waals surface area contributed by atoms with Crippen molar-refractivity contribution in [3.8, 4) is 5.75 Å². The number of nitrogen functional groups attached to an aromatic ring is 1. The number of ether oxygens (including phenoxy) is 2. The molecule has 0 aromatic heterocycles. The quantitative estimate of drug-likeness (QED) is 0.670. The zero-order valence-electron chi connectivity index (χ0n) is 11.3. The summed E-state index contributed by atoms with van der Waals surface area (Å²) in [6.45, 7) is 0.241. The fourth-order valence-corrected chi connectivity index (χ4v) is 1.78. The van der Waals surface area contributed by atoms with Gasteiger partial charge in [-0.25, -0.2) is 0 Å². The maximum absolute atomic E-state index is 11.7. The van der Waals surface area contributed by atoms with E-state index in [0.29, 0.717) is 5.69 Å². The second-order valence-corrected chi connectivity index (χ2v) is 4.43. The number of carbonyl (C=O) groups is 1. The largest absolute Gasteiger partial charge is 0.497 e. The number of esters is 1. The Balaban J connectivity index is 1.87. The predicted octanol–water partition coefficient (Wildman–Crippen LogP) is 2.56. The van der Waals surface area contributed by atoms with Gasteiger partial charge in [-0.05, 0) is 35.4 Å². The molecule has 104 valence electrons. The van der Waals surface area contributed by atoms with Crippen molar-refractivity contribution < 1.29 is 14.3 Å². The number of hydrogen-bond acceptors (Lipinski definition) is 4. The van der Waals surface area contributed by atoms with Gasteiger partial charge in [-0.1, -0.05) is 24.3 Å². The summed E-state index contributed by atoms with van der Waals surface area (Å²) in [5.74, 6) is 0.481. The van der Waals surface area contributed by atoms with Gasteiger partial charge in [-0.15, -0.1) is 0 Å². The van der Waals surface area contributed by atoms with E-state index < -0.39 is 0 Å². The molecule has 2 aromatic carbocycles. The van der Waals surface area contributed by atoms with Crippen LogP contribution in [0.1, 0.15) is 11.1 Å². The molecule has 0 atom stereocenters. The third-order valence-electron chi connectivity index (χ3n) is 2.86. The number of anilines is 1. The molecule has 0 amide bonds. The van der Waals surface area contributed by atoms with Gasteiger partial charge in [0.15, 0.2) is 0 Å². The lowest BCUT2D eigenvalue weighted by molar-refractivity contribution is -0.144. The molecule has 0 unspecified atom stereocenters. The van der Waals surface area contributed by atoms with Crippen LogP contribution in [0.25, 0.3) is 0 Å². The van der Waals surface area contributed by atoms with Crippen molar-refractivity contribution in [2.24, 2.45) is 0 Å². The van der Waals surface area contributed by atoms with Crippen molar-refractivity contribution in [3.63, 3.8) is 0 Å². The van der Waals surface area contributed by atoms with E-state index in [1.165, 1.54) is 0 Å². The zero-order chi connectivity index (χ0) is 14.4. The van der Waals surface area contributed by atoms with Crippen LogP contribution in [0, 0.1) is 0 Å². The highest BCUT2D eigenvalue weighted by atomic mass is 16.5. The molecular formula is C16H17NO3. The first-order valence-corrected chi connectivity index (χ1v) is 6.30. The minimum Gasteiger partial charge on any atom is -0.497 e. The summed E-state index contributed by atoms with van der Waals surface area (Å²) in [5, 5.41) is 0. The highest BCUT2D eigenvalue weighted by Crippen LogP contribution is 2.14. The number of rotatable bonds is 5. The van der Waals surface area contributed by atoms with Crippen molar-refractivity contribution in [3.05, 3.63) is 59.7 Å². The van der Waals surface area contributed by atoms with E-state index >= 15 is 0 Å². The van der Waals surface area contributed by atoms with Crippen molar-refractivity contribution in [1.29, 1.82) is 0 Å². The van der Waals surface area contributed by atoms with E-state index in [0.717, 1.165) is 16.9 Å². The summed E-state index contributed by atoms with van der Waals surface area (Å²) in [7, 11) is 1.60. The Morgan fingerprint density at radius 1 is 1.10 bits per heavy atom. The summed E-state index contributed by atoms with van der Waals surface area (Å²) in [6, 6.07) is 14.6. The van der Waals surface area contributed by atoms with Crippen LogP contribution in [0.15, 0.2) is 48.5 Å². The van der Waals surface area contributed by atoms with Gasteiger partial charge in [-0.3, -0.25) is 4.79 Å². The van der Waals surface area contributed by atoms with Crippen molar-refractivity contribution in [2.45, 2.75) is 13.0 Å². The highest BCUT2D eigenvalue weighted by molar-refractivity contribution is 5.72. The second kappa shape index (κ2) is 6.61. The maximum Gasteiger partial charge on any atom is 0.310 e. The summed E-state index contributed by atoms with van der Waals surface area (Å²) >= 11 is 0. The van der Waals surface area contributed by atoms with Crippen molar-refractivity contribution >= 4 is 11.7 Å². The topological polar surface area (TPSA) is 61.5 Å². The molecule has 4 nitrogen and oxygen atoms in total. The number of nitrogens with two attached hydrogens (primary N) is 1. The first-order chi connectivity index (χ1) is 9.67. The maximum atomic E-state index is 11.7. The first-order valence-electron chi connectivity index (χ1n) is 6.30. The summed E-state index contributed by atoms with van der Waals surface area (Å²) < 4.78 is 10.4. The first kappa shape index (κ1) is 13.9. The summed E-state index contributed by atoms with van der Waals surface area (Å²) in [6.07, 6.45) is 0.240. The van der Waals surface area contributed by atoms with Gasteiger partial charge in [0.25, 0.3) is 0 Å². The Hall–Kier alpha value is -2.49. The molecule has 20 heavy (non-hydrogen) atoms. The minimum atomic E-state index is -0.266. The molecule has 2 aromatic rings. The van der Waals surface area contributed by atoms with E-state index in [-0.39, 0.29) is 19.0 Å². The number of carbonyl (C=O) groups excluding carboxylic acids is 1. The van der Waals surface area contributed by atoms with Gasteiger partial charge in [0, 0.05) is 5.69 Å². The molecule has 0 aliphatic rings. The number of hydrogen-bond donors (Lipinski definition) is 1. The molecule has 4 heteroatoms. The van der Waals surface area contributed by atoms with E-state index in [9.17, 15) is 4.79 Å². The third-order valence-corrected chi connectivity index (χ3v) is 2.86. The Bertz CT molecular complexity index is 579. The normalized spacial score (nSPS) is 10.1. The van der Waals surface area contributed by atoms with E-state index in [1.807, 2.05) is 36.4 Å². The van der Waals surface area contributed by atoms with Crippen LogP contribution in [0.5, 0.6) is 5.75 Å². The summed E-state index contributed by atoms with van der Waals surface area (Å²) in [5.41, 5.74) is 8.05. The molecule has 0 aliphatic heterocycles. The lowest BCUT2D eigenvalue weighted by atomic mass is 10.1. The lowest BCUT2D eigenvalue weighted by Crippen LogP contribution is -2.08. The van der Waals surface area contributed by atoms with Crippen LogP contribution < -0.4 is 10.5 Å². The summed E-state index contributed by atoms with van der Waals surface area (Å²) in [4.78, 5) is 11.7. The van der Waals surface area contributed by atoms with E-state index in [2.05, 4.69) is 0 Å². The van der Waals surface area contributed by atoms with Crippen LogP contribution in [-0.2, 0) is 22.6 Å². The molecular weight excluding hydrogens is 254 g/mol. The van der Waals surface area contributed by atoms with E-state index in [4.69, 9.17) is 15.2 Å². The van der Waals surface area contributed by atoms with Crippen LogP contribution in [-0.4, -0.2) is 13.1 Å². The average Bonchev–Trinajstić information content (AvgIpc) is 2.48. The molecule has 0 fully saturated rings. The smallest absolute Gasteiger partial charge is 0.310 e. The Morgan fingerprint density at radius 3 is 2.55 bits per heavy atom. The molecule has 0 saturated heterocycles. The SMILES string of the molecule is COc1cccc(COC(=O)Cc2ccc(N)cc2)c1. The Labute approximate surface area is 118 Å². The molecule has 0 heterocycles. The van der Waals surface area contributed by atoms with E-state index in [1.54, 1.807) is 19.2 Å². The number of methoxy groups -OCH3 is 1. The predicted molar refractivity (Wildman–Crippen MR) is 77.3 cm³/mol. The van der Waals surface area contributed by atoms with Crippen LogP contribution in [0.3, 0.4) is 0 Å². The molecule has 0 aliphatic carbocycles. The van der Waals surface area contributed by atoms with Crippen molar-refractivity contribution in [2.75, 3.05) is 12.8 Å². The van der Waals surface area contributed by atoms with Gasteiger partial charge in [0.05, 0.1) is 13.5 Å². The van der Waals surface area contributed by atoms with Crippen molar-refractivity contribution in [1.82, 2.24) is 0 Å².